The summed E-state index contributed by atoms with van der Waals surface area (Å²) in [7, 11) is 0. The maximum atomic E-state index is 6.09. The summed E-state index contributed by atoms with van der Waals surface area (Å²) in [5.41, 5.74) is 7.18. The molecule has 0 aromatic heterocycles. The zero-order valence-electron chi connectivity index (χ0n) is 11.3. The second kappa shape index (κ2) is 6.21. The first kappa shape index (κ1) is 13.4. The standard InChI is InChI=1S/C15H23NO2/c1-3-14(16)13-6-4-5-7-15(13)17-10-12-9-8-11(2)18-12/h4-7,11-12,14H,3,8-10,16H2,1-2H3. The lowest BCUT2D eigenvalue weighted by Gasteiger charge is -2.18. The second-order valence-corrected chi connectivity index (χ2v) is 5.01. The highest BCUT2D eigenvalue weighted by atomic mass is 16.5. The summed E-state index contributed by atoms with van der Waals surface area (Å²) in [6.07, 6.45) is 3.72. The Kier molecular flexibility index (Phi) is 4.61. The molecule has 3 heteroatoms. The maximum absolute atomic E-state index is 6.09. The van der Waals surface area contributed by atoms with Gasteiger partial charge in [0.15, 0.2) is 0 Å². The molecule has 3 nitrogen and oxygen atoms in total. The van der Waals surface area contributed by atoms with Crippen molar-refractivity contribution in [1.82, 2.24) is 0 Å². The van der Waals surface area contributed by atoms with E-state index in [1.807, 2.05) is 24.3 Å². The Hall–Kier alpha value is -1.06. The van der Waals surface area contributed by atoms with Gasteiger partial charge in [-0.15, -0.1) is 0 Å². The average molecular weight is 249 g/mol. The summed E-state index contributed by atoms with van der Waals surface area (Å²) in [6.45, 7) is 4.82. The molecule has 0 aliphatic carbocycles. The van der Waals surface area contributed by atoms with E-state index in [2.05, 4.69) is 13.8 Å². The molecule has 1 aliphatic rings. The summed E-state index contributed by atoms with van der Waals surface area (Å²) < 4.78 is 11.6. The van der Waals surface area contributed by atoms with E-state index in [-0.39, 0.29) is 12.1 Å². The van der Waals surface area contributed by atoms with Gasteiger partial charge in [-0.2, -0.15) is 0 Å². The van der Waals surface area contributed by atoms with Crippen molar-refractivity contribution < 1.29 is 9.47 Å². The maximum Gasteiger partial charge on any atom is 0.124 e. The van der Waals surface area contributed by atoms with Crippen LogP contribution in [-0.2, 0) is 4.74 Å². The highest BCUT2D eigenvalue weighted by molar-refractivity contribution is 5.35. The molecule has 100 valence electrons. The SMILES string of the molecule is CCC(N)c1ccccc1OCC1CCC(C)O1. The van der Waals surface area contributed by atoms with E-state index >= 15 is 0 Å². The smallest absolute Gasteiger partial charge is 0.124 e. The fourth-order valence-electron chi connectivity index (χ4n) is 2.33. The highest BCUT2D eigenvalue weighted by Crippen LogP contribution is 2.27. The van der Waals surface area contributed by atoms with Crippen molar-refractivity contribution in [1.29, 1.82) is 0 Å². The molecule has 1 aromatic carbocycles. The molecule has 3 atom stereocenters. The normalized spacial score (nSPS) is 25.1. The number of nitrogens with two attached hydrogens (primary N) is 1. The summed E-state index contributed by atoms with van der Waals surface area (Å²) in [5, 5.41) is 0. The zero-order valence-corrected chi connectivity index (χ0v) is 11.3. The Bertz CT molecular complexity index is 381. The Balaban J connectivity index is 1.96. The lowest BCUT2D eigenvalue weighted by molar-refractivity contribution is 0.0262. The fourth-order valence-corrected chi connectivity index (χ4v) is 2.33. The Morgan fingerprint density at radius 1 is 1.39 bits per heavy atom. The van der Waals surface area contributed by atoms with Crippen LogP contribution in [-0.4, -0.2) is 18.8 Å². The van der Waals surface area contributed by atoms with E-state index < -0.39 is 0 Å². The van der Waals surface area contributed by atoms with E-state index in [0.29, 0.717) is 12.7 Å². The number of benzene rings is 1. The van der Waals surface area contributed by atoms with Gasteiger partial charge in [-0.3, -0.25) is 0 Å². The molecular formula is C15H23NO2. The van der Waals surface area contributed by atoms with Gasteiger partial charge in [-0.25, -0.2) is 0 Å². The van der Waals surface area contributed by atoms with E-state index in [0.717, 1.165) is 30.6 Å². The van der Waals surface area contributed by atoms with Crippen LogP contribution in [0.1, 0.15) is 44.7 Å². The van der Waals surface area contributed by atoms with Gasteiger partial charge in [-0.1, -0.05) is 25.1 Å². The van der Waals surface area contributed by atoms with Gasteiger partial charge in [0.2, 0.25) is 0 Å². The first-order valence-electron chi connectivity index (χ1n) is 6.83. The molecule has 2 N–H and O–H groups in total. The number of hydrogen-bond acceptors (Lipinski definition) is 3. The number of ether oxygens (including phenoxy) is 2. The Labute approximate surface area is 109 Å². The van der Waals surface area contributed by atoms with Crippen LogP contribution in [0.25, 0.3) is 0 Å². The first-order valence-corrected chi connectivity index (χ1v) is 6.83. The fraction of sp³-hybridized carbons (Fsp3) is 0.600. The largest absolute Gasteiger partial charge is 0.491 e. The van der Waals surface area contributed by atoms with Gasteiger partial charge >= 0.3 is 0 Å². The lowest BCUT2D eigenvalue weighted by atomic mass is 10.0. The quantitative estimate of drug-likeness (QED) is 0.872. The Morgan fingerprint density at radius 3 is 2.83 bits per heavy atom. The predicted molar refractivity (Wildman–Crippen MR) is 72.7 cm³/mol. The van der Waals surface area contributed by atoms with Crippen molar-refractivity contribution in [3.63, 3.8) is 0 Å². The van der Waals surface area contributed by atoms with E-state index in [1.165, 1.54) is 0 Å². The third-order valence-electron chi connectivity index (χ3n) is 3.50. The monoisotopic (exact) mass is 249 g/mol. The van der Waals surface area contributed by atoms with Crippen molar-refractivity contribution >= 4 is 0 Å². The summed E-state index contributed by atoms with van der Waals surface area (Å²) >= 11 is 0. The van der Waals surface area contributed by atoms with E-state index in [4.69, 9.17) is 15.2 Å². The molecule has 1 aromatic rings. The molecular weight excluding hydrogens is 226 g/mol. The van der Waals surface area contributed by atoms with Crippen LogP contribution in [0.5, 0.6) is 5.75 Å². The van der Waals surface area contributed by atoms with Gasteiger partial charge in [0.25, 0.3) is 0 Å². The molecule has 1 aliphatic heterocycles. The van der Waals surface area contributed by atoms with Gasteiger partial charge in [-0.05, 0) is 32.3 Å². The van der Waals surface area contributed by atoms with Gasteiger partial charge in [0.05, 0.1) is 12.2 Å². The molecule has 2 rings (SSSR count). The highest BCUT2D eigenvalue weighted by Gasteiger charge is 2.22. The molecule has 0 radical (unpaired) electrons. The summed E-state index contributed by atoms with van der Waals surface area (Å²) in [4.78, 5) is 0. The predicted octanol–water partition coefficient (Wildman–Crippen LogP) is 3.04. The minimum absolute atomic E-state index is 0.0459. The van der Waals surface area contributed by atoms with Gasteiger partial charge in [0.1, 0.15) is 12.4 Å². The molecule has 1 fully saturated rings. The summed E-state index contributed by atoms with van der Waals surface area (Å²) in [5.74, 6) is 0.898. The van der Waals surface area contributed by atoms with E-state index in [9.17, 15) is 0 Å². The van der Waals surface area contributed by atoms with Crippen LogP contribution in [0.3, 0.4) is 0 Å². The number of para-hydroxylation sites is 1. The third kappa shape index (κ3) is 3.24. The molecule has 0 saturated carbocycles. The average Bonchev–Trinajstić information content (AvgIpc) is 2.81. The first-order chi connectivity index (χ1) is 8.70. The van der Waals surface area contributed by atoms with E-state index in [1.54, 1.807) is 0 Å². The lowest BCUT2D eigenvalue weighted by Crippen LogP contribution is -2.19. The molecule has 1 saturated heterocycles. The zero-order chi connectivity index (χ0) is 13.0. The topological polar surface area (TPSA) is 44.5 Å². The van der Waals surface area contributed by atoms with Crippen LogP contribution in [0, 0.1) is 0 Å². The van der Waals surface area contributed by atoms with Crippen molar-refractivity contribution in [3.8, 4) is 5.75 Å². The Morgan fingerprint density at radius 2 is 2.17 bits per heavy atom. The minimum Gasteiger partial charge on any atom is -0.491 e. The molecule has 3 unspecified atom stereocenters. The molecule has 0 spiro atoms. The number of hydrogen-bond donors (Lipinski definition) is 1. The van der Waals surface area contributed by atoms with Crippen molar-refractivity contribution in [2.45, 2.75) is 51.4 Å². The van der Waals surface area contributed by atoms with Crippen LogP contribution >= 0.6 is 0 Å². The second-order valence-electron chi connectivity index (χ2n) is 5.01. The summed E-state index contributed by atoms with van der Waals surface area (Å²) in [6, 6.07) is 8.07. The van der Waals surface area contributed by atoms with Crippen molar-refractivity contribution in [2.24, 2.45) is 5.73 Å². The molecule has 0 amide bonds. The van der Waals surface area contributed by atoms with Gasteiger partial charge < -0.3 is 15.2 Å². The molecule has 1 heterocycles. The van der Waals surface area contributed by atoms with Crippen molar-refractivity contribution in [2.75, 3.05) is 6.61 Å². The number of rotatable bonds is 5. The van der Waals surface area contributed by atoms with Crippen LogP contribution in [0.2, 0.25) is 0 Å². The van der Waals surface area contributed by atoms with Crippen molar-refractivity contribution in [3.05, 3.63) is 29.8 Å². The molecule has 0 bridgehead atoms. The van der Waals surface area contributed by atoms with Gasteiger partial charge in [0, 0.05) is 11.6 Å². The third-order valence-corrected chi connectivity index (χ3v) is 3.50. The van der Waals surface area contributed by atoms with Crippen LogP contribution in [0.4, 0.5) is 0 Å². The minimum atomic E-state index is 0.0459. The van der Waals surface area contributed by atoms with Crippen LogP contribution in [0.15, 0.2) is 24.3 Å². The van der Waals surface area contributed by atoms with Crippen LogP contribution < -0.4 is 10.5 Å². The molecule has 18 heavy (non-hydrogen) atoms.